The summed E-state index contributed by atoms with van der Waals surface area (Å²) in [6.07, 6.45) is 0.215. The van der Waals surface area contributed by atoms with Crippen molar-refractivity contribution in [1.29, 1.82) is 0 Å². The second-order valence-electron chi connectivity index (χ2n) is 4.99. The lowest BCUT2D eigenvalue weighted by Gasteiger charge is -2.19. The van der Waals surface area contributed by atoms with Gasteiger partial charge in [-0.1, -0.05) is 12.1 Å². The van der Waals surface area contributed by atoms with Gasteiger partial charge < -0.3 is 15.4 Å². The van der Waals surface area contributed by atoms with Gasteiger partial charge in [0.05, 0.1) is 6.10 Å². The summed E-state index contributed by atoms with van der Waals surface area (Å²) in [5.74, 6) is 0.937. The summed E-state index contributed by atoms with van der Waals surface area (Å²) in [6.45, 7) is 7.89. The lowest BCUT2D eigenvalue weighted by Crippen LogP contribution is -2.32. The van der Waals surface area contributed by atoms with Crippen molar-refractivity contribution in [2.24, 2.45) is 5.73 Å². The molecule has 0 aromatic heterocycles. The van der Waals surface area contributed by atoms with Crippen LogP contribution in [0.4, 0.5) is 0 Å². The van der Waals surface area contributed by atoms with Crippen molar-refractivity contribution in [3.8, 4) is 5.75 Å². The molecule has 1 atom stereocenters. The first-order valence-corrected chi connectivity index (χ1v) is 6.17. The van der Waals surface area contributed by atoms with E-state index in [-0.39, 0.29) is 12.1 Å². The lowest BCUT2D eigenvalue weighted by molar-refractivity contribution is 0.241. The number of rotatable bonds is 6. The molecule has 1 aromatic rings. The number of ether oxygens (including phenoxy) is 1. The Morgan fingerprint density at radius 2 is 2.00 bits per heavy atom. The maximum atomic E-state index is 5.78. The Labute approximate surface area is 105 Å². The monoisotopic (exact) mass is 236 g/mol. The highest BCUT2D eigenvalue weighted by atomic mass is 16.5. The molecule has 0 aliphatic carbocycles. The van der Waals surface area contributed by atoms with E-state index in [1.54, 1.807) is 0 Å². The third-order valence-electron chi connectivity index (χ3n) is 2.32. The van der Waals surface area contributed by atoms with Gasteiger partial charge in [-0.15, -0.1) is 0 Å². The first-order valence-electron chi connectivity index (χ1n) is 6.17. The molecule has 0 saturated heterocycles. The number of hydrogen-bond donors (Lipinski definition) is 1. The molecule has 2 N–H and O–H groups in total. The summed E-state index contributed by atoms with van der Waals surface area (Å²) >= 11 is 0. The topological polar surface area (TPSA) is 38.5 Å². The van der Waals surface area contributed by atoms with Gasteiger partial charge >= 0.3 is 0 Å². The van der Waals surface area contributed by atoms with Crippen LogP contribution in [0.15, 0.2) is 24.3 Å². The Bertz CT molecular complexity index is 337. The van der Waals surface area contributed by atoms with E-state index in [0.29, 0.717) is 0 Å². The quantitative estimate of drug-likeness (QED) is 0.823. The van der Waals surface area contributed by atoms with Gasteiger partial charge in [-0.2, -0.15) is 0 Å². The van der Waals surface area contributed by atoms with Gasteiger partial charge in [0, 0.05) is 19.1 Å². The van der Waals surface area contributed by atoms with Gasteiger partial charge in [0.15, 0.2) is 0 Å². The molecule has 0 fully saturated rings. The Hall–Kier alpha value is -1.06. The fraction of sp³-hybridized carbons (Fsp3) is 0.571. The molecule has 0 aliphatic rings. The summed E-state index contributed by atoms with van der Waals surface area (Å²) < 4.78 is 5.67. The first-order chi connectivity index (χ1) is 7.97. The van der Waals surface area contributed by atoms with Crippen molar-refractivity contribution in [2.45, 2.75) is 39.5 Å². The minimum atomic E-state index is 0.204. The summed E-state index contributed by atoms with van der Waals surface area (Å²) in [5, 5.41) is 0. The average Bonchev–Trinajstić information content (AvgIpc) is 2.14. The van der Waals surface area contributed by atoms with Crippen LogP contribution in [0.25, 0.3) is 0 Å². The van der Waals surface area contributed by atoms with Crippen molar-refractivity contribution in [3.05, 3.63) is 29.8 Å². The first kappa shape index (κ1) is 14.0. The third-order valence-corrected chi connectivity index (χ3v) is 2.32. The number of likely N-dealkylation sites (N-methyl/N-ethyl adjacent to an activating group) is 1. The van der Waals surface area contributed by atoms with Crippen molar-refractivity contribution in [3.63, 3.8) is 0 Å². The highest BCUT2D eigenvalue weighted by molar-refractivity contribution is 5.28. The molecule has 0 heterocycles. The van der Waals surface area contributed by atoms with E-state index in [2.05, 4.69) is 24.1 Å². The molecule has 1 unspecified atom stereocenters. The van der Waals surface area contributed by atoms with Crippen molar-refractivity contribution < 1.29 is 4.74 Å². The molecule has 17 heavy (non-hydrogen) atoms. The Morgan fingerprint density at radius 3 is 2.59 bits per heavy atom. The molecule has 3 heteroatoms. The standard InChI is InChI=1S/C14H24N2O/c1-11(2)17-14-7-5-6-13(8-14)10-16(4)9-12(3)15/h5-8,11-12H,9-10,15H2,1-4H3. The minimum absolute atomic E-state index is 0.204. The molecular formula is C14H24N2O. The zero-order chi connectivity index (χ0) is 12.8. The predicted octanol–water partition coefficient (Wildman–Crippen LogP) is 2.25. The van der Waals surface area contributed by atoms with E-state index in [4.69, 9.17) is 10.5 Å². The molecule has 0 saturated carbocycles. The SMILES string of the molecule is CC(N)CN(C)Cc1cccc(OC(C)C)c1. The van der Waals surface area contributed by atoms with Crippen LogP contribution < -0.4 is 10.5 Å². The maximum absolute atomic E-state index is 5.78. The van der Waals surface area contributed by atoms with E-state index < -0.39 is 0 Å². The molecule has 3 nitrogen and oxygen atoms in total. The zero-order valence-electron chi connectivity index (χ0n) is 11.3. The van der Waals surface area contributed by atoms with Crippen LogP contribution in [0.1, 0.15) is 26.3 Å². The zero-order valence-corrected chi connectivity index (χ0v) is 11.3. The van der Waals surface area contributed by atoms with E-state index >= 15 is 0 Å². The smallest absolute Gasteiger partial charge is 0.120 e. The normalized spacial score (nSPS) is 13.1. The van der Waals surface area contributed by atoms with E-state index in [1.165, 1.54) is 5.56 Å². The van der Waals surface area contributed by atoms with Gasteiger partial charge in [-0.05, 0) is 45.5 Å². The summed E-state index contributed by atoms with van der Waals surface area (Å²) in [4.78, 5) is 2.22. The van der Waals surface area contributed by atoms with Crippen LogP contribution in [0, 0.1) is 0 Å². The van der Waals surface area contributed by atoms with Crippen molar-refractivity contribution in [1.82, 2.24) is 4.90 Å². The van der Waals surface area contributed by atoms with Gasteiger partial charge in [0.1, 0.15) is 5.75 Å². The van der Waals surface area contributed by atoms with Gasteiger partial charge in [0.25, 0.3) is 0 Å². The molecule has 1 aromatic carbocycles. The Kier molecular flexibility index (Phi) is 5.45. The van der Waals surface area contributed by atoms with Crippen LogP contribution in [-0.2, 0) is 6.54 Å². The van der Waals surface area contributed by atoms with Gasteiger partial charge in [-0.3, -0.25) is 0 Å². The van der Waals surface area contributed by atoms with Crippen molar-refractivity contribution in [2.75, 3.05) is 13.6 Å². The number of hydrogen-bond acceptors (Lipinski definition) is 3. The van der Waals surface area contributed by atoms with Gasteiger partial charge in [-0.25, -0.2) is 0 Å². The highest BCUT2D eigenvalue weighted by Gasteiger charge is 2.04. The predicted molar refractivity (Wildman–Crippen MR) is 72.2 cm³/mol. The van der Waals surface area contributed by atoms with Crippen molar-refractivity contribution >= 4 is 0 Å². The highest BCUT2D eigenvalue weighted by Crippen LogP contribution is 2.15. The number of nitrogens with zero attached hydrogens (tertiary/aromatic N) is 1. The number of nitrogens with two attached hydrogens (primary N) is 1. The molecule has 96 valence electrons. The van der Waals surface area contributed by atoms with Crippen LogP contribution in [0.5, 0.6) is 5.75 Å². The fourth-order valence-corrected chi connectivity index (χ4v) is 1.86. The van der Waals surface area contributed by atoms with Crippen LogP contribution in [0.2, 0.25) is 0 Å². The minimum Gasteiger partial charge on any atom is -0.491 e. The summed E-state index contributed by atoms with van der Waals surface area (Å²) in [7, 11) is 2.08. The molecule has 0 spiro atoms. The fourth-order valence-electron chi connectivity index (χ4n) is 1.86. The van der Waals surface area contributed by atoms with E-state index in [1.807, 2.05) is 32.9 Å². The summed E-state index contributed by atoms with van der Waals surface area (Å²) in [5.41, 5.74) is 7.03. The Balaban J connectivity index is 2.59. The van der Waals surface area contributed by atoms with E-state index in [0.717, 1.165) is 18.8 Å². The third kappa shape index (κ3) is 5.71. The maximum Gasteiger partial charge on any atom is 0.120 e. The van der Waals surface area contributed by atoms with Crippen LogP contribution in [0.3, 0.4) is 0 Å². The second-order valence-corrected chi connectivity index (χ2v) is 4.99. The molecule has 0 bridgehead atoms. The van der Waals surface area contributed by atoms with Gasteiger partial charge in [0.2, 0.25) is 0 Å². The van der Waals surface area contributed by atoms with Crippen LogP contribution >= 0.6 is 0 Å². The molecular weight excluding hydrogens is 212 g/mol. The molecule has 0 amide bonds. The lowest BCUT2D eigenvalue weighted by atomic mass is 10.2. The molecule has 0 aliphatic heterocycles. The average molecular weight is 236 g/mol. The second kappa shape index (κ2) is 6.62. The number of benzene rings is 1. The van der Waals surface area contributed by atoms with E-state index in [9.17, 15) is 0 Å². The Morgan fingerprint density at radius 1 is 1.29 bits per heavy atom. The summed E-state index contributed by atoms with van der Waals surface area (Å²) in [6, 6.07) is 8.44. The van der Waals surface area contributed by atoms with Crippen LogP contribution in [-0.4, -0.2) is 30.6 Å². The largest absolute Gasteiger partial charge is 0.491 e. The molecule has 1 rings (SSSR count). The molecule has 0 radical (unpaired) electrons.